The minimum absolute atomic E-state index is 0.0331. The first-order chi connectivity index (χ1) is 16.6. The normalized spacial score (nSPS) is 20.1. The van der Waals surface area contributed by atoms with Crippen LogP contribution in [0.4, 0.5) is 17.6 Å². The Morgan fingerprint density at radius 3 is 2.54 bits per heavy atom. The average molecular weight is 511 g/mol. The maximum absolute atomic E-state index is 15.9. The molecule has 0 radical (unpaired) electrons. The molecule has 1 aliphatic rings. The molecule has 0 amide bonds. The number of halogens is 5. The molecule has 0 spiro atoms. The van der Waals surface area contributed by atoms with Crippen molar-refractivity contribution >= 4 is 11.6 Å². The van der Waals surface area contributed by atoms with Crippen molar-refractivity contribution in [3.05, 3.63) is 83.2 Å². The molecule has 0 aromatic carbocycles. The maximum atomic E-state index is 15.9. The Kier molecular flexibility index (Phi) is 6.86. The van der Waals surface area contributed by atoms with Gasteiger partial charge in [-0.05, 0) is 46.7 Å². The van der Waals surface area contributed by atoms with Gasteiger partial charge in [-0.15, -0.1) is 5.10 Å². The number of nitrogens with zero attached hydrogens (tertiary/aromatic N) is 6. The molecule has 35 heavy (non-hydrogen) atoms. The summed E-state index contributed by atoms with van der Waals surface area (Å²) in [5, 5.41) is 22.1. The van der Waals surface area contributed by atoms with Gasteiger partial charge in [0.2, 0.25) is 0 Å². The van der Waals surface area contributed by atoms with E-state index in [9.17, 15) is 13.9 Å². The smallest absolute Gasteiger partial charge is 0.320 e. The number of hydrogen-bond acceptors (Lipinski definition) is 7. The minimum atomic E-state index is -4.11. The van der Waals surface area contributed by atoms with E-state index in [0.717, 1.165) is 29.3 Å². The Morgan fingerprint density at radius 2 is 1.94 bits per heavy atom. The number of pyridine rings is 2. The SMILES string of the molecule is CC1C=C(F)C=C(F)C1C(O)(Cn1cnnn1)C(F)(F)c1ccc(OCc2ccc(Cl)cn2)cn1. The highest BCUT2D eigenvalue weighted by atomic mass is 35.5. The fourth-order valence-corrected chi connectivity index (χ4v) is 4.06. The quantitative estimate of drug-likeness (QED) is 0.454. The van der Waals surface area contributed by atoms with Crippen LogP contribution in [0.2, 0.25) is 5.02 Å². The first kappa shape index (κ1) is 24.7. The fourth-order valence-electron chi connectivity index (χ4n) is 3.95. The maximum Gasteiger partial charge on any atom is 0.320 e. The second kappa shape index (κ2) is 9.70. The molecule has 0 aliphatic heterocycles. The van der Waals surface area contributed by atoms with Gasteiger partial charge in [-0.3, -0.25) is 9.97 Å². The fraction of sp³-hybridized carbons (Fsp3) is 0.318. The summed E-state index contributed by atoms with van der Waals surface area (Å²) in [5.41, 5.74) is -3.41. The molecule has 184 valence electrons. The molecule has 0 fully saturated rings. The Morgan fingerprint density at radius 1 is 1.14 bits per heavy atom. The number of alkyl halides is 2. The molecule has 0 bridgehead atoms. The Hall–Kier alpha value is -3.38. The van der Waals surface area contributed by atoms with Crippen molar-refractivity contribution in [1.29, 1.82) is 0 Å². The molecule has 0 saturated heterocycles. The van der Waals surface area contributed by atoms with E-state index in [-0.39, 0.29) is 12.4 Å². The Bertz CT molecular complexity index is 1220. The van der Waals surface area contributed by atoms with Crippen molar-refractivity contribution in [1.82, 2.24) is 30.2 Å². The zero-order valence-electron chi connectivity index (χ0n) is 18.2. The Labute approximate surface area is 201 Å². The first-order valence-electron chi connectivity index (χ1n) is 10.4. The molecular weight excluding hydrogens is 492 g/mol. The van der Waals surface area contributed by atoms with Gasteiger partial charge >= 0.3 is 5.92 Å². The first-order valence-corrected chi connectivity index (χ1v) is 10.7. The summed E-state index contributed by atoms with van der Waals surface area (Å²) in [5.74, 6) is -9.03. The number of aliphatic hydroxyl groups is 1. The minimum Gasteiger partial charge on any atom is -0.486 e. The number of hydrogen-bond donors (Lipinski definition) is 1. The molecule has 13 heteroatoms. The second-order valence-electron chi connectivity index (χ2n) is 8.06. The molecule has 3 atom stereocenters. The van der Waals surface area contributed by atoms with Gasteiger partial charge in [-0.25, -0.2) is 13.5 Å². The van der Waals surface area contributed by atoms with Crippen LogP contribution in [-0.2, 0) is 19.1 Å². The monoisotopic (exact) mass is 510 g/mol. The van der Waals surface area contributed by atoms with Gasteiger partial charge in [-0.2, -0.15) is 8.78 Å². The highest BCUT2D eigenvalue weighted by molar-refractivity contribution is 6.30. The lowest BCUT2D eigenvalue weighted by molar-refractivity contribution is -0.227. The van der Waals surface area contributed by atoms with E-state index in [4.69, 9.17) is 16.3 Å². The molecule has 3 unspecified atom stereocenters. The second-order valence-corrected chi connectivity index (χ2v) is 8.50. The summed E-state index contributed by atoms with van der Waals surface area (Å²) in [4.78, 5) is 7.83. The van der Waals surface area contributed by atoms with Crippen molar-refractivity contribution in [3.63, 3.8) is 0 Å². The summed E-state index contributed by atoms with van der Waals surface area (Å²) < 4.78 is 66.7. The van der Waals surface area contributed by atoms with Crippen LogP contribution in [0.15, 0.2) is 66.8 Å². The Balaban J connectivity index is 1.62. The number of ether oxygens (including phenoxy) is 1. The van der Waals surface area contributed by atoms with E-state index in [2.05, 4.69) is 25.5 Å². The number of rotatable bonds is 8. The van der Waals surface area contributed by atoms with Crippen molar-refractivity contribution < 1.29 is 27.4 Å². The van der Waals surface area contributed by atoms with Crippen LogP contribution in [0.3, 0.4) is 0 Å². The third-order valence-electron chi connectivity index (χ3n) is 5.61. The van der Waals surface area contributed by atoms with E-state index >= 15 is 8.78 Å². The van der Waals surface area contributed by atoms with Crippen molar-refractivity contribution in [2.75, 3.05) is 0 Å². The van der Waals surface area contributed by atoms with Crippen LogP contribution in [-0.4, -0.2) is 40.9 Å². The molecule has 8 nitrogen and oxygen atoms in total. The highest BCUT2D eigenvalue weighted by Crippen LogP contribution is 2.50. The summed E-state index contributed by atoms with van der Waals surface area (Å²) in [7, 11) is 0. The van der Waals surface area contributed by atoms with Crippen LogP contribution in [0.1, 0.15) is 18.3 Å². The van der Waals surface area contributed by atoms with Crippen LogP contribution in [0.25, 0.3) is 0 Å². The summed E-state index contributed by atoms with van der Waals surface area (Å²) in [6, 6.07) is 5.46. The van der Waals surface area contributed by atoms with Crippen LogP contribution in [0.5, 0.6) is 5.75 Å². The molecular formula is C22H19ClF4N6O2. The molecule has 1 N–H and O–H groups in total. The molecule has 3 heterocycles. The molecule has 3 aromatic heterocycles. The lowest BCUT2D eigenvalue weighted by Crippen LogP contribution is -2.57. The van der Waals surface area contributed by atoms with E-state index in [0.29, 0.717) is 16.8 Å². The molecule has 0 saturated carbocycles. The van der Waals surface area contributed by atoms with Gasteiger partial charge in [-0.1, -0.05) is 18.5 Å². The number of tetrazole rings is 1. The van der Waals surface area contributed by atoms with Crippen LogP contribution in [0, 0.1) is 11.8 Å². The van der Waals surface area contributed by atoms with E-state index in [1.165, 1.54) is 19.2 Å². The van der Waals surface area contributed by atoms with Crippen molar-refractivity contribution in [2.24, 2.45) is 11.8 Å². The van der Waals surface area contributed by atoms with Gasteiger partial charge in [0.1, 0.15) is 36.0 Å². The van der Waals surface area contributed by atoms with E-state index in [1.807, 2.05) is 0 Å². The topological polar surface area (TPSA) is 98.8 Å². The van der Waals surface area contributed by atoms with Gasteiger partial charge in [0, 0.05) is 12.3 Å². The standard InChI is InChI=1S/C22H19ClF4N6O2/c1-13-6-15(24)7-18(25)20(13)21(34,11-33-12-30-31-32-33)22(26,27)19-5-4-17(9-29-19)35-10-16-3-2-14(23)8-28-16/h2-9,12-13,20,34H,10-11H2,1H3. The largest absolute Gasteiger partial charge is 0.486 e. The van der Waals surface area contributed by atoms with Gasteiger partial charge in [0.25, 0.3) is 0 Å². The third kappa shape index (κ3) is 5.03. The zero-order chi connectivity index (χ0) is 25.2. The van der Waals surface area contributed by atoms with E-state index < -0.39 is 47.3 Å². The molecule has 1 aliphatic carbocycles. The van der Waals surface area contributed by atoms with Crippen molar-refractivity contribution in [3.8, 4) is 5.75 Å². The third-order valence-corrected chi connectivity index (χ3v) is 5.83. The summed E-state index contributed by atoms with van der Waals surface area (Å²) >= 11 is 5.79. The highest BCUT2D eigenvalue weighted by Gasteiger charge is 2.62. The lowest BCUT2D eigenvalue weighted by atomic mass is 9.71. The summed E-state index contributed by atoms with van der Waals surface area (Å²) in [6.45, 7) is 0.471. The van der Waals surface area contributed by atoms with Crippen LogP contribution >= 0.6 is 11.6 Å². The van der Waals surface area contributed by atoms with Crippen LogP contribution < -0.4 is 4.74 Å². The van der Waals surface area contributed by atoms with Crippen molar-refractivity contribution in [2.45, 2.75) is 31.6 Å². The van der Waals surface area contributed by atoms with Gasteiger partial charge < -0.3 is 9.84 Å². The molecule has 4 rings (SSSR count). The van der Waals surface area contributed by atoms with Gasteiger partial charge in [0.15, 0.2) is 5.60 Å². The van der Waals surface area contributed by atoms with Gasteiger partial charge in [0.05, 0.1) is 29.4 Å². The number of aromatic nitrogens is 6. The predicted molar refractivity (Wildman–Crippen MR) is 116 cm³/mol. The predicted octanol–water partition coefficient (Wildman–Crippen LogP) is 4.19. The lowest BCUT2D eigenvalue weighted by Gasteiger charge is -2.43. The average Bonchev–Trinajstić information content (AvgIpc) is 3.31. The molecule has 3 aromatic rings. The number of allylic oxidation sites excluding steroid dienone is 3. The summed E-state index contributed by atoms with van der Waals surface area (Å²) in [6.07, 6.45) is 4.92. The van der Waals surface area contributed by atoms with E-state index in [1.54, 1.807) is 12.1 Å². The zero-order valence-corrected chi connectivity index (χ0v) is 18.9.